The van der Waals surface area contributed by atoms with E-state index in [1.54, 1.807) is 21.3 Å². The Morgan fingerprint density at radius 2 is 1.61 bits per heavy atom. The average Bonchev–Trinajstić information content (AvgIpc) is 2.90. The van der Waals surface area contributed by atoms with Crippen molar-refractivity contribution in [2.75, 3.05) is 21.3 Å². The molecule has 0 amide bonds. The number of ether oxygens (including phenoxy) is 3. The van der Waals surface area contributed by atoms with Gasteiger partial charge in [0.15, 0.2) is 17.3 Å². The monoisotopic (exact) mass is 310 g/mol. The van der Waals surface area contributed by atoms with E-state index in [1.165, 1.54) is 0 Å². The van der Waals surface area contributed by atoms with Gasteiger partial charge in [0.2, 0.25) is 5.75 Å². The second kappa shape index (κ2) is 6.16. The van der Waals surface area contributed by atoms with E-state index in [1.807, 2.05) is 42.5 Å². The van der Waals surface area contributed by atoms with Crippen molar-refractivity contribution in [1.82, 2.24) is 0 Å². The molecule has 4 heteroatoms. The molecule has 118 valence electrons. The Bertz CT molecular complexity index is 765. The fourth-order valence-corrected chi connectivity index (χ4v) is 2.86. The minimum absolute atomic E-state index is 0.0781. The molecule has 0 N–H and O–H groups in total. The van der Waals surface area contributed by atoms with Crippen molar-refractivity contribution >= 4 is 11.9 Å². The molecule has 0 fully saturated rings. The first kappa shape index (κ1) is 15.2. The quantitative estimate of drug-likeness (QED) is 0.810. The van der Waals surface area contributed by atoms with E-state index >= 15 is 0 Å². The second-order valence-electron chi connectivity index (χ2n) is 5.29. The lowest BCUT2D eigenvalue weighted by molar-refractivity contribution is 0.104. The predicted molar refractivity (Wildman–Crippen MR) is 88.6 cm³/mol. The number of ketones is 1. The molecular weight excluding hydrogens is 292 g/mol. The van der Waals surface area contributed by atoms with Crippen molar-refractivity contribution in [3.63, 3.8) is 0 Å². The lowest BCUT2D eigenvalue weighted by Gasteiger charge is -2.13. The van der Waals surface area contributed by atoms with E-state index in [9.17, 15) is 4.79 Å². The molecule has 1 aliphatic rings. The maximum atomic E-state index is 12.5. The molecule has 0 atom stereocenters. The molecule has 0 aromatic heterocycles. The van der Waals surface area contributed by atoms with Crippen LogP contribution in [-0.4, -0.2) is 27.1 Å². The Morgan fingerprint density at radius 1 is 0.957 bits per heavy atom. The first-order chi connectivity index (χ1) is 11.2. The van der Waals surface area contributed by atoms with Crippen LogP contribution in [0.3, 0.4) is 0 Å². The maximum absolute atomic E-state index is 12.5. The molecule has 1 aliphatic carbocycles. The zero-order valence-electron chi connectivity index (χ0n) is 13.4. The number of hydrogen-bond acceptors (Lipinski definition) is 4. The molecule has 3 rings (SSSR count). The minimum Gasteiger partial charge on any atom is -0.493 e. The van der Waals surface area contributed by atoms with Crippen molar-refractivity contribution in [1.29, 1.82) is 0 Å². The Hall–Kier alpha value is -2.75. The smallest absolute Gasteiger partial charge is 0.203 e. The summed E-state index contributed by atoms with van der Waals surface area (Å²) in [6, 6.07) is 11.4. The van der Waals surface area contributed by atoms with Gasteiger partial charge in [0.1, 0.15) is 0 Å². The number of fused-ring (bicyclic) bond motifs is 1. The number of rotatable bonds is 4. The van der Waals surface area contributed by atoms with Crippen LogP contribution in [0, 0.1) is 0 Å². The van der Waals surface area contributed by atoms with Crippen molar-refractivity contribution in [3.05, 3.63) is 58.7 Å². The third kappa shape index (κ3) is 2.68. The number of carbonyl (C=O) groups excluding carboxylic acids is 1. The number of methoxy groups -OCH3 is 3. The molecule has 2 aromatic rings. The van der Waals surface area contributed by atoms with Crippen molar-refractivity contribution in [3.8, 4) is 17.2 Å². The van der Waals surface area contributed by atoms with Gasteiger partial charge in [-0.25, -0.2) is 0 Å². The van der Waals surface area contributed by atoms with Gasteiger partial charge in [-0.2, -0.15) is 0 Å². The van der Waals surface area contributed by atoms with Crippen LogP contribution >= 0.6 is 0 Å². The van der Waals surface area contributed by atoms with Gasteiger partial charge >= 0.3 is 0 Å². The fraction of sp³-hybridized carbons (Fsp3) is 0.211. The molecule has 0 unspecified atom stereocenters. The summed E-state index contributed by atoms with van der Waals surface area (Å²) in [6.07, 6.45) is 2.53. The van der Waals surface area contributed by atoms with Gasteiger partial charge < -0.3 is 14.2 Å². The highest BCUT2D eigenvalue weighted by Crippen LogP contribution is 2.39. The molecule has 0 bridgehead atoms. The fourth-order valence-electron chi connectivity index (χ4n) is 2.86. The Balaban J connectivity index is 2.02. The van der Waals surface area contributed by atoms with Gasteiger partial charge in [0.25, 0.3) is 0 Å². The molecule has 0 radical (unpaired) electrons. The summed E-state index contributed by atoms with van der Waals surface area (Å²) in [5, 5.41) is 0. The second-order valence-corrected chi connectivity index (χ2v) is 5.29. The van der Waals surface area contributed by atoms with Crippen LogP contribution in [0.4, 0.5) is 0 Å². The van der Waals surface area contributed by atoms with E-state index in [4.69, 9.17) is 14.2 Å². The summed E-state index contributed by atoms with van der Waals surface area (Å²) < 4.78 is 16.0. The summed E-state index contributed by atoms with van der Waals surface area (Å²) >= 11 is 0. The Labute approximate surface area is 135 Å². The molecule has 4 nitrogen and oxygen atoms in total. The Morgan fingerprint density at radius 3 is 2.17 bits per heavy atom. The lowest BCUT2D eigenvalue weighted by Crippen LogP contribution is -1.97. The average molecular weight is 310 g/mol. The number of hydrogen-bond donors (Lipinski definition) is 0. The first-order valence-electron chi connectivity index (χ1n) is 7.31. The standard InChI is InChI=1S/C19H18O4/c1-21-16-9-12(10-17(22-2)19(16)23-3)8-14-11-13-6-4-5-7-15(13)18(14)20/h4-10H,11H2,1-3H3/b14-8+. The third-order valence-electron chi connectivity index (χ3n) is 3.96. The van der Waals surface area contributed by atoms with Crippen LogP contribution in [0.25, 0.3) is 6.08 Å². The maximum Gasteiger partial charge on any atom is 0.203 e. The highest BCUT2D eigenvalue weighted by atomic mass is 16.5. The highest BCUT2D eigenvalue weighted by Gasteiger charge is 2.24. The van der Waals surface area contributed by atoms with E-state index in [-0.39, 0.29) is 5.78 Å². The first-order valence-corrected chi connectivity index (χ1v) is 7.31. The molecular formula is C19H18O4. The number of allylic oxidation sites excluding steroid dienone is 1. The van der Waals surface area contributed by atoms with E-state index in [0.29, 0.717) is 23.7 Å². The number of benzene rings is 2. The van der Waals surface area contributed by atoms with Gasteiger partial charge in [0, 0.05) is 17.6 Å². The van der Waals surface area contributed by atoms with Gasteiger partial charge in [-0.05, 0) is 29.3 Å². The van der Waals surface area contributed by atoms with Crippen molar-refractivity contribution < 1.29 is 19.0 Å². The van der Waals surface area contributed by atoms with Crippen LogP contribution in [0.15, 0.2) is 42.0 Å². The predicted octanol–water partition coefficient (Wildman–Crippen LogP) is 3.53. The van der Waals surface area contributed by atoms with E-state index < -0.39 is 0 Å². The largest absolute Gasteiger partial charge is 0.493 e. The summed E-state index contributed by atoms with van der Waals surface area (Å²) in [6.45, 7) is 0. The molecule has 0 saturated carbocycles. The van der Waals surface area contributed by atoms with Gasteiger partial charge in [-0.1, -0.05) is 24.3 Å². The molecule has 0 spiro atoms. The topological polar surface area (TPSA) is 44.8 Å². The molecule has 2 aromatic carbocycles. The van der Waals surface area contributed by atoms with E-state index in [0.717, 1.165) is 22.3 Å². The van der Waals surface area contributed by atoms with Gasteiger partial charge in [-0.15, -0.1) is 0 Å². The molecule has 23 heavy (non-hydrogen) atoms. The Kier molecular flexibility index (Phi) is 4.06. The zero-order valence-corrected chi connectivity index (χ0v) is 13.4. The summed E-state index contributed by atoms with van der Waals surface area (Å²) in [5.41, 5.74) is 3.46. The summed E-state index contributed by atoms with van der Waals surface area (Å²) in [5.74, 6) is 1.76. The number of Topliss-reactive ketones (excluding diaryl/α,β-unsaturated/α-hetero) is 1. The third-order valence-corrected chi connectivity index (χ3v) is 3.96. The van der Waals surface area contributed by atoms with Gasteiger partial charge in [0.05, 0.1) is 21.3 Å². The molecule has 0 aliphatic heterocycles. The summed E-state index contributed by atoms with van der Waals surface area (Å²) in [4.78, 5) is 12.5. The van der Waals surface area contributed by atoms with Crippen LogP contribution in [-0.2, 0) is 6.42 Å². The normalized spacial score (nSPS) is 14.7. The molecule has 0 saturated heterocycles. The zero-order chi connectivity index (χ0) is 16.4. The van der Waals surface area contributed by atoms with Crippen molar-refractivity contribution in [2.24, 2.45) is 0 Å². The minimum atomic E-state index is 0.0781. The summed E-state index contributed by atoms with van der Waals surface area (Å²) in [7, 11) is 4.71. The molecule has 0 heterocycles. The van der Waals surface area contributed by atoms with Crippen LogP contribution < -0.4 is 14.2 Å². The van der Waals surface area contributed by atoms with Crippen LogP contribution in [0.1, 0.15) is 21.5 Å². The SMILES string of the molecule is COc1cc(/C=C2\Cc3ccccc3C2=O)cc(OC)c1OC. The van der Waals surface area contributed by atoms with Crippen molar-refractivity contribution in [2.45, 2.75) is 6.42 Å². The van der Waals surface area contributed by atoms with Gasteiger partial charge in [-0.3, -0.25) is 4.79 Å². The lowest BCUT2D eigenvalue weighted by atomic mass is 10.1. The van der Waals surface area contributed by atoms with Crippen LogP contribution in [0.2, 0.25) is 0 Å². The number of carbonyl (C=O) groups is 1. The highest BCUT2D eigenvalue weighted by molar-refractivity contribution is 6.15. The van der Waals surface area contributed by atoms with Crippen LogP contribution in [0.5, 0.6) is 17.2 Å². The van der Waals surface area contributed by atoms with E-state index in [2.05, 4.69) is 0 Å².